The Hall–Kier alpha value is -1.06. The van der Waals surface area contributed by atoms with Crippen LogP contribution in [0.15, 0.2) is 24.3 Å². The Morgan fingerprint density at radius 3 is 2.47 bits per heavy atom. The maximum atomic E-state index is 6.65. The number of para-hydroxylation sites is 1. The number of rotatable bonds is 5. The lowest BCUT2D eigenvalue weighted by Gasteiger charge is -2.42. The van der Waals surface area contributed by atoms with Crippen molar-refractivity contribution in [2.45, 2.75) is 44.2 Å². The molecular weight excluding hydrogens is 236 g/mol. The summed E-state index contributed by atoms with van der Waals surface area (Å²) in [6.07, 6.45) is 4.87. The third-order valence-corrected chi connectivity index (χ3v) is 4.49. The fraction of sp³-hybridized carbons (Fsp3) is 0.625. The summed E-state index contributed by atoms with van der Waals surface area (Å²) >= 11 is 0. The lowest BCUT2D eigenvalue weighted by Crippen LogP contribution is -2.50. The Bertz CT molecular complexity index is 411. The zero-order valence-electron chi connectivity index (χ0n) is 12.4. The molecule has 1 aliphatic rings. The SMILES string of the molecule is CCOc1ccccc1C(N)C1(N(C)C)CCCC1. The Balaban J connectivity index is 2.34. The summed E-state index contributed by atoms with van der Waals surface area (Å²) in [6.45, 7) is 2.69. The molecule has 1 unspecified atom stereocenters. The first-order valence-electron chi connectivity index (χ1n) is 7.26. The van der Waals surface area contributed by atoms with E-state index in [2.05, 4.69) is 31.1 Å². The van der Waals surface area contributed by atoms with Crippen molar-refractivity contribution >= 4 is 0 Å². The molecule has 1 aliphatic carbocycles. The highest BCUT2D eigenvalue weighted by atomic mass is 16.5. The van der Waals surface area contributed by atoms with Crippen LogP contribution >= 0.6 is 0 Å². The molecular formula is C16H26N2O. The predicted molar refractivity (Wildman–Crippen MR) is 79.4 cm³/mol. The molecule has 0 aliphatic heterocycles. The highest BCUT2D eigenvalue weighted by Crippen LogP contribution is 2.44. The molecule has 3 nitrogen and oxygen atoms in total. The van der Waals surface area contributed by atoms with E-state index in [0.717, 1.165) is 11.3 Å². The van der Waals surface area contributed by atoms with Gasteiger partial charge in [-0.05, 0) is 39.9 Å². The van der Waals surface area contributed by atoms with Crippen LogP contribution in [0.25, 0.3) is 0 Å². The van der Waals surface area contributed by atoms with Crippen LogP contribution in [0.5, 0.6) is 5.75 Å². The summed E-state index contributed by atoms with van der Waals surface area (Å²) in [7, 11) is 4.29. The zero-order valence-corrected chi connectivity index (χ0v) is 12.4. The summed E-state index contributed by atoms with van der Waals surface area (Å²) in [5.41, 5.74) is 7.86. The summed E-state index contributed by atoms with van der Waals surface area (Å²) in [4.78, 5) is 2.31. The molecule has 0 bridgehead atoms. The van der Waals surface area contributed by atoms with Crippen LogP contribution in [0.3, 0.4) is 0 Å². The van der Waals surface area contributed by atoms with E-state index >= 15 is 0 Å². The van der Waals surface area contributed by atoms with Crippen LogP contribution in [0.1, 0.15) is 44.2 Å². The molecule has 1 fully saturated rings. The van der Waals surface area contributed by atoms with Crippen molar-refractivity contribution in [3.8, 4) is 5.75 Å². The minimum Gasteiger partial charge on any atom is -0.494 e. The van der Waals surface area contributed by atoms with Gasteiger partial charge in [0.15, 0.2) is 0 Å². The van der Waals surface area contributed by atoms with Gasteiger partial charge in [-0.25, -0.2) is 0 Å². The van der Waals surface area contributed by atoms with Gasteiger partial charge in [-0.15, -0.1) is 0 Å². The highest BCUT2D eigenvalue weighted by molar-refractivity contribution is 5.38. The van der Waals surface area contributed by atoms with Gasteiger partial charge in [0.2, 0.25) is 0 Å². The van der Waals surface area contributed by atoms with Crippen LogP contribution in [-0.4, -0.2) is 31.1 Å². The largest absolute Gasteiger partial charge is 0.494 e. The summed E-state index contributed by atoms with van der Waals surface area (Å²) in [5, 5.41) is 0. The maximum Gasteiger partial charge on any atom is 0.124 e. The number of benzene rings is 1. The van der Waals surface area contributed by atoms with Crippen molar-refractivity contribution < 1.29 is 4.74 Å². The predicted octanol–water partition coefficient (Wildman–Crippen LogP) is 2.96. The second-order valence-corrected chi connectivity index (χ2v) is 5.65. The van der Waals surface area contributed by atoms with Gasteiger partial charge < -0.3 is 15.4 Å². The third-order valence-electron chi connectivity index (χ3n) is 4.49. The Morgan fingerprint density at radius 1 is 1.26 bits per heavy atom. The number of nitrogens with zero attached hydrogens (tertiary/aromatic N) is 1. The number of nitrogens with two attached hydrogens (primary N) is 1. The molecule has 2 rings (SSSR count). The third kappa shape index (κ3) is 2.63. The topological polar surface area (TPSA) is 38.5 Å². The first-order valence-corrected chi connectivity index (χ1v) is 7.26. The van der Waals surface area contributed by atoms with E-state index in [1.54, 1.807) is 0 Å². The quantitative estimate of drug-likeness (QED) is 0.886. The number of hydrogen-bond donors (Lipinski definition) is 1. The van der Waals surface area contributed by atoms with E-state index < -0.39 is 0 Å². The van der Waals surface area contributed by atoms with Gasteiger partial charge >= 0.3 is 0 Å². The summed E-state index contributed by atoms with van der Waals surface area (Å²) in [5.74, 6) is 0.936. The average Bonchev–Trinajstić information content (AvgIpc) is 2.89. The minimum atomic E-state index is 0.00718. The molecule has 0 heterocycles. The minimum absolute atomic E-state index is 0.00718. The van der Waals surface area contributed by atoms with Crippen LogP contribution in [0, 0.1) is 0 Å². The molecule has 106 valence electrons. The van der Waals surface area contributed by atoms with Crippen molar-refractivity contribution in [1.29, 1.82) is 0 Å². The normalized spacial score (nSPS) is 19.6. The van der Waals surface area contributed by atoms with Crippen LogP contribution in [-0.2, 0) is 0 Å². The molecule has 0 saturated heterocycles. The van der Waals surface area contributed by atoms with E-state index in [1.165, 1.54) is 25.7 Å². The average molecular weight is 262 g/mol. The standard InChI is InChI=1S/C16H26N2O/c1-4-19-14-10-6-5-9-13(14)15(17)16(18(2)3)11-7-8-12-16/h5-6,9-10,15H,4,7-8,11-12,17H2,1-3H3. The first-order chi connectivity index (χ1) is 9.12. The van der Waals surface area contributed by atoms with E-state index in [9.17, 15) is 0 Å². The van der Waals surface area contributed by atoms with E-state index in [4.69, 9.17) is 10.5 Å². The molecule has 0 aromatic heterocycles. The van der Waals surface area contributed by atoms with Crippen molar-refractivity contribution in [3.05, 3.63) is 29.8 Å². The van der Waals surface area contributed by atoms with Crippen molar-refractivity contribution in [3.63, 3.8) is 0 Å². The molecule has 0 amide bonds. The van der Waals surface area contributed by atoms with Gasteiger partial charge in [0.05, 0.1) is 12.6 Å². The van der Waals surface area contributed by atoms with Crippen LogP contribution < -0.4 is 10.5 Å². The fourth-order valence-corrected chi connectivity index (χ4v) is 3.34. The lowest BCUT2D eigenvalue weighted by atomic mass is 9.83. The van der Waals surface area contributed by atoms with Gasteiger partial charge in [0, 0.05) is 11.1 Å². The Kier molecular flexibility index (Phi) is 4.48. The number of hydrogen-bond acceptors (Lipinski definition) is 3. The molecule has 0 spiro atoms. The van der Waals surface area contributed by atoms with Crippen molar-refractivity contribution in [2.24, 2.45) is 5.73 Å². The lowest BCUT2D eigenvalue weighted by molar-refractivity contribution is 0.121. The fourth-order valence-electron chi connectivity index (χ4n) is 3.34. The molecule has 1 saturated carbocycles. The summed E-state index contributed by atoms with van der Waals surface area (Å²) in [6, 6.07) is 8.21. The van der Waals surface area contributed by atoms with Crippen LogP contribution in [0.4, 0.5) is 0 Å². The molecule has 0 radical (unpaired) electrons. The Labute approximate surface area is 116 Å². The molecule has 3 heteroatoms. The van der Waals surface area contributed by atoms with Gasteiger partial charge in [0.1, 0.15) is 5.75 Å². The summed E-state index contributed by atoms with van der Waals surface area (Å²) < 4.78 is 5.74. The van der Waals surface area contributed by atoms with E-state index in [0.29, 0.717) is 6.61 Å². The maximum absolute atomic E-state index is 6.65. The molecule has 1 atom stereocenters. The first kappa shape index (κ1) is 14.4. The van der Waals surface area contributed by atoms with Gasteiger partial charge in [-0.3, -0.25) is 0 Å². The smallest absolute Gasteiger partial charge is 0.124 e. The van der Waals surface area contributed by atoms with Crippen molar-refractivity contribution in [1.82, 2.24) is 4.90 Å². The second-order valence-electron chi connectivity index (χ2n) is 5.65. The van der Waals surface area contributed by atoms with Crippen molar-refractivity contribution in [2.75, 3.05) is 20.7 Å². The highest BCUT2D eigenvalue weighted by Gasteiger charge is 2.42. The second kappa shape index (κ2) is 5.93. The van der Waals surface area contributed by atoms with Gasteiger partial charge in [-0.1, -0.05) is 31.0 Å². The molecule has 2 N–H and O–H groups in total. The van der Waals surface area contributed by atoms with Gasteiger partial charge in [0.25, 0.3) is 0 Å². The zero-order chi connectivity index (χ0) is 13.9. The number of ether oxygens (including phenoxy) is 1. The molecule has 1 aromatic carbocycles. The monoisotopic (exact) mass is 262 g/mol. The van der Waals surface area contributed by atoms with E-state index in [1.807, 2.05) is 19.1 Å². The Morgan fingerprint density at radius 2 is 1.89 bits per heavy atom. The molecule has 19 heavy (non-hydrogen) atoms. The van der Waals surface area contributed by atoms with Gasteiger partial charge in [-0.2, -0.15) is 0 Å². The number of likely N-dealkylation sites (N-methyl/N-ethyl adjacent to an activating group) is 1. The molecule has 1 aromatic rings. The van der Waals surface area contributed by atoms with E-state index in [-0.39, 0.29) is 11.6 Å². The van der Waals surface area contributed by atoms with Crippen LogP contribution in [0.2, 0.25) is 0 Å².